The van der Waals surface area contributed by atoms with Crippen LogP contribution in [0.1, 0.15) is 181 Å². The first-order valence-electron chi connectivity index (χ1n) is 28.1. The van der Waals surface area contributed by atoms with E-state index in [2.05, 4.69) is 50.4 Å². The van der Waals surface area contributed by atoms with E-state index in [0.717, 1.165) is 83.5 Å². The summed E-state index contributed by atoms with van der Waals surface area (Å²) in [5.74, 6) is -1.28. The van der Waals surface area contributed by atoms with Gasteiger partial charge in [0.2, 0.25) is 5.91 Å². The molecule has 0 radical (unpaired) electrons. The quantitative estimate of drug-likeness (QED) is 0.0149. The second-order valence-electron chi connectivity index (χ2n) is 18.8. The van der Waals surface area contributed by atoms with Gasteiger partial charge < -0.3 is 45.1 Å². The number of carbonyl (C=O) groups excluding carboxylic acids is 2. The Hall–Kier alpha value is -4.20. The van der Waals surface area contributed by atoms with Crippen LogP contribution in [0.25, 0.3) is 0 Å². The standard InChI is InChI=1S/C62H99NO10/c1-4-7-10-13-16-19-22-25-27-28-29-32-35-38-41-44-47-50-57(67)73-60-59(69)58(68)56(51-64)72-62(60)71-52-53(54(65)48-45-42-39-36-33-30-24-21-18-15-12-9-6-3)63-61(70)55(66)49-46-43-40-37-34-31-26-23-20-17-14-11-8-5-2/h7-8,10-11,13-14,16-17,19-20,22-23,25-29,31-32,35,45,48,53-56,58-60,62,64-66,68-69H,4-6,9,12,15,18,21,24,30,33-34,36-44,46-47,49-52H2,1-3H3,(H,63,70)/b10-7-,11-8+,16-13+,17-14+,22-19+,23-20+,27-25-,29-28+,31-26-,35-32+,48-45+. The van der Waals surface area contributed by atoms with Crippen molar-refractivity contribution in [3.63, 3.8) is 0 Å². The van der Waals surface area contributed by atoms with Gasteiger partial charge in [-0.15, -0.1) is 0 Å². The molecular weight excluding hydrogens is 919 g/mol. The molecule has 11 heteroatoms. The number of allylic oxidation sites excluding steroid dienone is 21. The average Bonchev–Trinajstić information content (AvgIpc) is 3.39. The third-order valence-corrected chi connectivity index (χ3v) is 12.3. The Labute approximate surface area is 442 Å². The normalized spacial score (nSPS) is 20.5. The minimum Gasteiger partial charge on any atom is -0.454 e. The Balaban J connectivity index is 2.82. The molecule has 0 saturated carbocycles. The summed E-state index contributed by atoms with van der Waals surface area (Å²) >= 11 is 0. The van der Waals surface area contributed by atoms with Gasteiger partial charge in [0.05, 0.1) is 25.4 Å². The minimum absolute atomic E-state index is 0.0605. The SMILES string of the molecule is CC\C=C/C=C/C=C/C=C\C=C\C=C\CCCCCC(=O)OC1C(OCC(NC(=O)C(O)CCCCCC\C=C/C=C/C=C/C=C/CC)C(O)/C=C/CCCCCCCCCCCCC)OC(CO)C(O)C1O. The van der Waals surface area contributed by atoms with Crippen LogP contribution >= 0.6 is 0 Å². The molecule has 1 aliphatic rings. The van der Waals surface area contributed by atoms with Crippen molar-refractivity contribution in [2.45, 2.75) is 230 Å². The number of ether oxygens (including phenoxy) is 3. The summed E-state index contributed by atoms with van der Waals surface area (Å²) in [6, 6.07) is -1.06. The molecule has 6 N–H and O–H groups in total. The third-order valence-electron chi connectivity index (χ3n) is 12.3. The predicted molar refractivity (Wildman–Crippen MR) is 301 cm³/mol. The number of esters is 1. The molecule has 11 nitrogen and oxygen atoms in total. The zero-order valence-electron chi connectivity index (χ0n) is 45.2. The van der Waals surface area contributed by atoms with E-state index in [1.54, 1.807) is 6.08 Å². The van der Waals surface area contributed by atoms with Crippen LogP contribution in [0.3, 0.4) is 0 Å². The van der Waals surface area contributed by atoms with Crippen molar-refractivity contribution in [1.82, 2.24) is 5.32 Å². The number of carbonyl (C=O) groups is 2. The van der Waals surface area contributed by atoms with Crippen molar-refractivity contribution in [2.24, 2.45) is 0 Å². The number of amides is 1. The maximum Gasteiger partial charge on any atom is 0.306 e. The molecule has 0 aromatic carbocycles. The summed E-state index contributed by atoms with van der Waals surface area (Å²) in [7, 11) is 0. The fourth-order valence-electron chi connectivity index (χ4n) is 7.87. The fraction of sp³-hybridized carbons (Fsp3) is 0.613. The summed E-state index contributed by atoms with van der Waals surface area (Å²) in [5.41, 5.74) is 0. The van der Waals surface area contributed by atoms with E-state index in [1.165, 1.54) is 51.4 Å². The number of unbranched alkanes of at least 4 members (excludes halogenated alkanes) is 18. The van der Waals surface area contributed by atoms with E-state index in [9.17, 15) is 35.1 Å². The molecule has 0 aliphatic carbocycles. The first kappa shape index (κ1) is 66.8. The third kappa shape index (κ3) is 37.2. The summed E-state index contributed by atoms with van der Waals surface area (Å²) in [6.07, 6.45) is 57.7. The van der Waals surface area contributed by atoms with Crippen molar-refractivity contribution >= 4 is 11.9 Å². The van der Waals surface area contributed by atoms with Gasteiger partial charge in [-0.1, -0.05) is 244 Å². The average molecular weight is 1020 g/mol. The minimum atomic E-state index is -1.65. The van der Waals surface area contributed by atoms with E-state index < -0.39 is 67.4 Å². The number of hydrogen-bond acceptors (Lipinski definition) is 10. The highest BCUT2D eigenvalue weighted by Gasteiger charge is 2.47. The van der Waals surface area contributed by atoms with Gasteiger partial charge in [0.25, 0.3) is 0 Å². The van der Waals surface area contributed by atoms with E-state index in [-0.39, 0.29) is 19.4 Å². The molecule has 1 heterocycles. The Morgan fingerprint density at radius 1 is 0.548 bits per heavy atom. The van der Waals surface area contributed by atoms with Crippen LogP contribution in [0.2, 0.25) is 0 Å². The Morgan fingerprint density at radius 3 is 1.48 bits per heavy atom. The molecule has 8 atom stereocenters. The van der Waals surface area contributed by atoms with Gasteiger partial charge in [-0.05, 0) is 64.2 Å². The van der Waals surface area contributed by atoms with Gasteiger partial charge >= 0.3 is 5.97 Å². The Morgan fingerprint density at radius 2 is 0.986 bits per heavy atom. The van der Waals surface area contributed by atoms with Crippen LogP contribution in [0.5, 0.6) is 0 Å². The lowest BCUT2D eigenvalue weighted by Crippen LogP contribution is -2.61. The van der Waals surface area contributed by atoms with Gasteiger partial charge in [-0.3, -0.25) is 9.59 Å². The molecule has 412 valence electrons. The summed E-state index contributed by atoms with van der Waals surface area (Å²) in [6.45, 7) is 5.43. The van der Waals surface area contributed by atoms with Crippen molar-refractivity contribution in [2.75, 3.05) is 13.2 Å². The zero-order chi connectivity index (χ0) is 53.3. The number of aliphatic hydroxyl groups is 5. The molecule has 1 saturated heterocycles. The van der Waals surface area contributed by atoms with Crippen LogP contribution in [0.4, 0.5) is 0 Å². The van der Waals surface area contributed by atoms with Crippen LogP contribution in [0, 0.1) is 0 Å². The fourth-order valence-corrected chi connectivity index (χ4v) is 7.87. The highest BCUT2D eigenvalue weighted by Crippen LogP contribution is 2.26. The van der Waals surface area contributed by atoms with Gasteiger partial charge in [0.15, 0.2) is 12.4 Å². The van der Waals surface area contributed by atoms with Crippen molar-refractivity contribution in [3.8, 4) is 0 Å². The number of rotatable bonds is 44. The van der Waals surface area contributed by atoms with Crippen molar-refractivity contribution < 1.29 is 49.3 Å². The molecule has 1 rings (SSSR count). The zero-order valence-corrected chi connectivity index (χ0v) is 45.2. The molecule has 0 bridgehead atoms. The van der Waals surface area contributed by atoms with E-state index >= 15 is 0 Å². The van der Waals surface area contributed by atoms with Crippen LogP contribution < -0.4 is 5.32 Å². The van der Waals surface area contributed by atoms with Gasteiger partial charge in [-0.25, -0.2) is 0 Å². The Bertz CT molecular complexity index is 1690. The first-order chi connectivity index (χ1) is 35.7. The molecule has 73 heavy (non-hydrogen) atoms. The van der Waals surface area contributed by atoms with Crippen LogP contribution in [-0.2, 0) is 23.8 Å². The van der Waals surface area contributed by atoms with E-state index in [0.29, 0.717) is 12.8 Å². The van der Waals surface area contributed by atoms with Crippen LogP contribution in [0.15, 0.2) is 134 Å². The Kier molecular flexibility index (Phi) is 44.6. The molecule has 0 aromatic rings. The number of aliphatic hydroxyl groups excluding tert-OH is 5. The maximum absolute atomic E-state index is 13.4. The topological polar surface area (TPSA) is 175 Å². The highest BCUT2D eigenvalue weighted by molar-refractivity contribution is 5.80. The second kappa shape index (κ2) is 48.7. The summed E-state index contributed by atoms with van der Waals surface area (Å²) in [5, 5.41) is 56.8. The van der Waals surface area contributed by atoms with Crippen molar-refractivity contribution in [3.05, 3.63) is 134 Å². The van der Waals surface area contributed by atoms with E-state index in [4.69, 9.17) is 14.2 Å². The second-order valence-corrected chi connectivity index (χ2v) is 18.8. The van der Waals surface area contributed by atoms with Gasteiger partial charge in [0.1, 0.15) is 24.4 Å². The first-order valence-corrected chi connectivity index (χ1v) is 28.1. The van der Waals surface area contributed by atoms with E-state index in [1.807, 2.05) is 103 Å². The smallest absolute Gasteiger partial charge is 0.306 e. The lowest BCUT2D eigenvalue weighted by atomic mass is 9.99. The molecule has 0 spiro atoms. The maximum atomic E-state index is 13.4. The van der Waals surface area contributed by atoms with Gasteiger partial charge in [0, 0.05) is 6.42 Å². The number of nitrogens with one attached hydrogen (secondary N) is 1. The predicted octanol–water partition coefficient (Wildman–Crippen LogP) is 12.5. The molecule has 8 unspecified atom stereocenters. The highest BCUT2D eigenvalue weighted by atomic mass is 16.7. The summed E-state index contributed by atoms with van der Waals surface area (Å²) in [4.78, 5) is 26.4. The molecule has 1 aliphatic heterocycles. The largest absolute Gasteiger partial charge is 0.454 e. The van der Waals surface area contributed by atoms with Crippen LogP contribution in [-0.4, -0.2) is 99.6 Å². The molecule has 1 fully saturated rings. The number of hydrogen-bond donors (Lipinski definition) is 6. The summed E-state index contributed by atoms with van der Waals surface area (Å²) < 4.78 is 17.5. The van der Waals surface area contributed by atoms with Crippen molar-refractivity contribution in [1.29, 1.82) is 0 Å². The molecular formula is C62H99NO10. The van der Waals surface area contributed by atoms with Gasteiger partial charge in [-0.2, -0.15) is 0 Å². The lowest BCUT2D eigenvalue weighted by molar-refractivity contribution is -0.305. The molecule has 1 amide bonds. The molecule has 0 aromatic heterocycles. The monoisotopic (exact) mass is 1020 g/mol. The lowest BCUT2D eigenvalue weighted by Gasteiger charge is -2.41.